The Bertz CT molecular complexity index is 1170. The van der Waals surface area contributed by atoms with Gasteiger partial charge in [0.05, 0.1) is 21.2 Å². The van der Waals surface area contributed by atoms with Crippen LogP contribution in [0.15, 0.2) is 104 Å². The Kier molecular flexibility index (Phi) is 6.82. The minimum Gasteiger partial charge on any atom is -0.276 e. The highest BCUT2D eigenvalue weighted by atomic mass is 32.2. The van der Waals surface area contributed by atoms with E-state index in [9.17, 15) is 16.8 Å². The van der Waals surface area contributed by atoms with E-state index in [2.05, 4.69) is 20.8 Å². The van der Waals surface area contributed by atoms with Gasteiger partial charge in [-0.1, -0.05) is 30.3 Å². The largest absolute Gasteiger partial charge is 0.276 e. The summed E-state index contributed by atoms with van der Waals surface area (Å²) in [4.78, 5) is 0.404. The molecule has 0 saturated heterocycles. The zero-order chi connectivity index (χ0) is 20.6. The number of hydrazone groups is 1. The van der Waals surface area contributed by atoms with Gasteiger partial charge < -0.3 is 0 Å². The summed E-state index contributed by atoms with van der Waals surface area (Å²) in [6, 6.07) is 21.2. The van der Waals surface area contributed by atoms with E-state index in [0.29, 0.717) is 22.8 Å². The van der Waals surface area contributed by atoms with Crippen LogP contribution in [-0.2, 0) is 21.4 Å². The summed E-state index contributed by atoms with van der Waals surface area (Å²) in [6.45, 7) is 0. The third kappa shape index (κ3) is 5.80. The fraction of sp³-hybridized carbons (Fsp3) is 0. The van der Waals surface area contributed by atoms with Crippen LogP contribution in [0.4, 0.5) is 11.4 Å². The van der Waals surface area contributed by atoms with Gasteiger partial charge in [0, 0.05) is 5.56 Å². The molecule has 10 heteroatoms. The molecule has 0 atom stereocenters. The number of benzene rings is 3. The van der Waals surface area contributed by atoms with Crippen LogP contribution >= 0.6 is 0 Å². The zero-order valence-corrected chi connectivity index (χ0v) is 16.7. The molecule has 0 aliphatic carbocycles. The third-order valence-electron chi connectivity index (χ3n) is 3.72. The van der Waals surface area contributed by atoms with E-state index < -0.39 is 21.4 Å². The van der Waals surface area contributed by atoms with Crippen LogP contribution in [-0.4, -0.2) is 22.7 Å². The van der Waals surface area contributed by atoms with Gasteiger partial charge in [-0.05, 0) is 48.5 Å². The molecule has 0 saturated carbocycles. The molecule has 0 aliphatic rings. The van der Waals surface area contributed by atoms with Crippen LogP contribution in [0.1, 0.15) is 5.56 Å². The Morgan fingerprint density at radius 1 is 0.690 bits per heavy atom. The molecule has 29 heavy (non-hydrogen) atoms. The maximum atomic E-state index is 11.0. The first-order chi connectivity index (χ1) is 14.0. The van der Waals surface area contributed by atoms with Crippen molar-refractivity contribution < 1.29 is 16.8 Å². The third-order valence-corrected chi connectivity index (χ3v) is 5.16. The number of hydrogen-bond acceptors (Lipinski definition) is 7. The maximum Gasteiger partial charge on any atom is 0.201 e. The summed E-state index contributed by atoms with van der Waals surface area (Å²) in [6.07, 6.45) is 0. The molecule has 3 rings (SSSR count). The first-order valence-corrected chi connectivity index (χ1v) is 10.7. The van der Waals surface area contributed by atoms with Crippen LogP contribution in [0.5, 0.6) is 0 Å². The van der Waals surface area contributed by atoms with Gasteiger partial charge in [-0.15, -0.1) is 10.2 Å². The lowest BCUT2D eigenvalue weighted by Crippen LogP contribution is -2.01. The van der Waals surface area contributed by atoms with E-state index in [1.165, 1.54) is 24.3 Å². The molecule has 0 fully saturated rings. The van der Waals surface area contributed by atoms with E-state index in [0.717, 1.165) is 0 Å². The number of rotatable bonds is 6. The predicted molar refractivity (Wildman–Crippen MR) is 111 cm³/mol. The quantitative estimate of drug-likeness (QED) is 0.183. The lowest BCUT2D eigenvalue weighted by molar-refractivity contribution is 0.613. The number of nitrogens with zero attached hydrogens (tertiary/aromatic N) is 3. The molecule has 3 aromatic carbocycles. The Labute approximate surface area is 170 Å². The van der Waals surface area contributed by atoms with E-state index in [1.807, 2.05) is 30.3 Å². The predicted octanol–water partition coefficient (Wildman–Crippen LogP) is 3.18. The average molecular weight is 428 g/mol. The van der Waals surface area contributed by atoms with Crippen molar-refractivity contribution >= 4 is 38.6 Å². The normalized spacial score (nSPS) is 12.0. The Morgan fingerprint density at radius 2 is 1.24 bits per heavy atom. The lowest BCUT2D eigenvalue weighted by atomic mass is 10.2. The van der Waals surface area contributed by atoms with Crippen molar-refractivity contribution in [2.24, 2.45) is 15.3 Å². The van der Waals surface area contributed by atoms with E-state index in [-0.39, 0.29) is 9.79 Å². The molecule has 148 valence electrons. The van der Waals surface area contributed by atoms with Gasteiger partial charge in [0.25, 0.3) is 0 Å². The van der Waals surface area contributed by atoms with Gasteiger partial charge in [-0.2, -0.15) is 5.10 Å². The molecule has 3 aromatic rings. The summed E-state index contributed by atoms with van der Waals surface area (Å²) < 4.78 is 43.9. The molecule has 0 heterocycles. The van der Waals surface area contributed by atoms with Gasteiger partial charge in [-0.3, -0.25) is 5.43 Å². The fourth-order valence-electron chi connectivity index (χ4n) is 2.25. The fourth-order valence-corrected chi connectivity index (χ4v) is 3.04. The molecule has 0 unspecified atom stereocenters. The molecule has 0 radical (unpaired) electrons. The zero-order valence-electron chi connectivity index (χ0n) is 14.9. The Morgan fingerprint density at radius 3 is 1.79 bits per heavy atom. The number of azo groups is 1. The molecule has 0 aliphatic heterocycles. The van der Waals surface area contributed by atoms with Gasteiger partial charge in [0.1, 0.15) is 0 Å². The van der Waals surface area contributed by atoms with Gasteiger partial charge in [0.15, 0.2) is 21.4 Å². The summed E-state index contributed by atoms with van der Waals surface area (Å²) in [5.74, 6) is 0.295. The molecule has 0 aromatic heterocycles. The first kappa shape index (κ1) is 20.4. The van der Waals surface area contributed by atoms with E-state index in [1.54, 1.807) is 24.3 Å². The van der Waals surface area contributed by atoms with Gasteiger partial charge >= 0.3 is 0 Å². The van der Waals surface area contributed by atoms with Crippen molar-refractivity contribution in [1.82, 2.24) is 0 Å². The molecular weight excluding hydrogens is 412 g/mol. The highest BCUT2D eigenvalue weighted by Gasteiger charge is 2.03. The van der Waals surface area contributed by atoms with Crippen molar-refractivity contribution in [2.45, 2.75) is 9.79 Å². The van der Waals surface area contributed by atoms with Crippen LogP contribution in [0.3, 0.4) is 0 Å². The monoisotopic (exact) mass is 428 g/mol. The second-order valence-electron chi connectivity index (χ2n) is 5.69. The second kappa shape index (κ2) is 9.71. The van der Waals surface area contributed by atoms with Crippen LogP contribution in [0.2, 0.25) is 0 Å². The molecular formula is C19H16N4O4S2. The van der Waals surface area contributed by atoms with Crippen LogP contribution in [0.25, 0.3) is 0 Å². The summed E-state index contributed by atoms with van der Waals surface area (Å²) in [7, 11) is -5.29. The highest BCUT2D eigenvalue weighted by Crippen LogP contribution is 2.16. The maximum absolute atomic E-state index is 11.0. The van der Waals surface area contributed by atoms with E-state index in [4.69, 9.17) is 0 Å². The minimum absolute atomic E-state index is 0.195. The highest BCUT2D eigenvalue weighted by molar-refractivity contribution is 7.72. The Balaban J connectivity index is 1.85. The van der Waals surface area contributed by atoms with Crippen LogP contribution < -0.4 is 5.43 Å². The topological polar surface area (TPSA) is 117 Å². The SMILES string of the molecule is O=[SH](=O)c1ccc(N=N/C(=N/Nc2ccc([SH](=O)=O)cc2)c2ccccc2)cc1. The average Bonchev–Trinajstić information content (AvgIpc) is 2.75. The summed E-state index contributed by atoms with van der Waals surface area (Å²) >= 11 is 0. The molecule has 0 amide bonds. The van der Waals surface area contributed by atoms with Crippen LogP contribution in [0, 0.1) is 0 Å². The van der Waals surface area contributed by atoms with Crippen molar-refractivity contribution in [2.75, 3.05) is 5.43 Å². The minimum atomic E-state index is -2.65. The van der Waals surface area contributed by atoms with Gasteiger partial charge in [0.2, 0.25) is 5.84 Å². The number of nitrogens with one attached hydrogen (secondary N) is 1. The van der Waals surface area contributed by atoms with Crippen molar-refractivity contribution in [3.8, 4) is 0 Å². The summed E-state index contributed by atoms with van der Waals surface area (Å²) in [5.41, 5.74) is 4.59. The first-order valence-electron chi connectivity index (χ1n) is 8.33. The number of thiol groups is 2. The number of amidine groups is 1. The summed E-state index contributed by atoms with van der Waals surface area (Å²) in [5, 5.41) is 12.5. The van der Waals surface area contributed by atoms with Crippen molar-refractivity contribution in [1.29, 1.82) is 0 Å². The van der Waals surface area contributed by atoms with Crippen molar-refractivity contribution in [3.63, 3.8) is 0 Å². The van der Waals surface area contributed by atoms with E-state index >= 15 is 0 Å². The number of anilines is 1. The Hall–Kier alpha value is -3.37. The standard InChI is InChI=1S/C19H16N4O4S2/c24-28(25)17-10-6-15(7-11-17)20-22-19(14-4-2-1-3-5-14)23-21-16-8-12-18(13-9-16)29(26)27/h1-13,20,28-29H/b22-19+,23-21?. The smallest absolute Gasteiger partial charge is 0.201 e. The molecule has 0 spiro atoms. The molecule has 1 N–H and O–H groups in total. The van der Waals surface area contributed by atoms with Crippen molar-refractivity contribution in [3.05, 3.63) is 84.4 Å². The second-order valence-corrected chi connectivity index (χ2v) is 7.75. The number of hydrogen-bond donors (Lipinski definition) is 3. The molecule has 8 nitrogen and oxygen atoms in total. The van der Waals surface area contributed by atoms with Gasteiger partial charge in [-0.25, -0.2) is 16.8 Å². The molecule has 0 bridgehead atoms. The lowest BCUT2D eigenvalue weighted by Gasteiger charge is -2.04.